The molecule has 0 saturated carbocycles. The first-order chi connectivity index (χ1) is 13.7. The second kappa shape index (κ2) is 7.40. The number of aryl methyl sites for hydroxylation is 1. The quantitative estimate of drug-likeness (QED) is 0.537. The molecule has 4 rings (SSSR count). The number of carbonyl (C=O) groups excluding carboxylic acids is 1. The van der Waals surface area contributed by atoms with Crippen LogP contribution in [-0.2, 0) is 4.79 Å². The Morgan fingerprint density at radius 3 is 2.04 bits per heavy atom. The van der Waals surface area contributed by atoms with Crippen LogP contribution in [0.1, 0.15) is 5.56 Å². The summed E-state index contributed by atoms with van der Waals surface area (Å²) in [6.07, 6.45) is 0.542. The van der Waals surface area contributed by atoms with Crippen molar-refractivity contribution in [3.8, 4) is 22.6 Å². The van der Waals surface area contributed by atoms with E-state index in [2.05, 4.69) is 5.32 Å². The van der Waals surface area contributed by atoms with E-state index in [1.807, 2.05) is 96.5 Å². The largest absolute Gasteiger partial charge is 0.322 e. The Bertz CT molecular complexity index is 1180. The summed E-state index contributed by atoms with van der Waals surface area (Å²) in [5, 5.41) is 2.63. The van der Waals surface area contributed by atoms with E-state index in [-0.39, 0.29) is 11.2 Å². The molecule has 0 spiro atoms. The van der Waals surface area contributed by atoms with Crippen molar-refractivity contribution in [3.05, 3.63) is 101 Å². The molecule has 0 radical (unpaired) electrons. The van der Waals surface area contributed by atoms with Crippen LogP contribution >= 0.6 is 0 Å². The molecule has 28 heavy (non-hydrogen) atoms. The summed E-state index contributed by atoms with van der Waals surface area (Å²) in [5.41, 5.74) is 3.95. The zero-order valence-corrected chi connectivity index (χ0v) is 15.4. The minimum Gasteiger partial charge on any atom is -0.322 e. The highest BCUT2D eigenvalue weighted by atomic mass is 16.1. The van der Waals surface area contributed by atoms with Gasteiger partial charge in [-0.3, -0.25) is 9.59 Å². The van der Waals surface area contributed by atoms with Crippen LogP contribution in [0.15, 0.2) is 89.7 Å². The summed E-state index contributed by atoms with van der Waals surface area (Å²) in [5.74, 6) is 0. The zero-order valence-electron chi connectivity index (χ0n) is 15.4. The average molecular weight is 369 g/mol. The molecule has 4 aromatic rings. The van der Waals surface area contributed by atoms with E-state index < -0.39 is 0 Å². The minimum absolute atomic E-state index is 0.244. The molecule has 0 aliphatic carbocycles. The maximum absolute atomic E-state index is 13.4. The maximum atomic E-state index is 13.4. The fraction of sp³-hybridized carbons (Fsp3) is 0.0435. The molecule has 0 saturated heterocycles. The summed E-state index contributed by atoms with van der Waals surface area (Å²) >= 11 is 0. The second-order valence-electron chi connectivity index (χ2n) is 6.40. The molecule has 0 fully saturated rings. The van der Waals surface area contributed by atoms with Crippen LogP contribution < -0.4 is 10.9 Å². The van der Waals surface area contributed by atoms with Gasteiger partial charge in [-0.05, 0) is 30.7 Å². The lowest BCUT2D eigenvalue weighted by atomic mass is 10.1. The highest BCUT2D eigenvalue weighted by Crippen LogP contribution is 2.30. The number of para-hydroxylation sites is 2. The molecule has 1 heterocycles. The van der Waals surface area contributed by atoms with Crippen molar-refractivity contribution in [1.82, 2.24) is 9.36 Å². The molecule has 0 aliphatic rings. The van der Waals surface area contributed by atoms with Crippen LogP contribution in [0.4, 0.5) is 5.69 Å². The van der Waals surface area contributed by atoms with Crippen molar-refractivity contribution in [2.45, 2.75) is 6.92 Å². The van der Waals surface area contributed by atoms with Crippen LogP contribution in [0.5, 0.6) is 0 Å². The number of hydrogen-bond donors (Lipinski definition) is 1. The summed E-state index contributed by atoms with van der Waals surface area (Å²) in [4.78, 5) is 24.7. The van der Waals surface area contributed by atoms with Crippen molar-refractivity contribution in [1.29, 1.82) is 0 Å². The Balaban J connectivity index is 2.17. The molecule has 5 nitrogen and oxygen atoms in total. The highest BCUT2D eigenvalue weighted by molar-refractivity contribution is 5.84. The number of nitrogens with zero attached hydrogens (tertiary/aromatic N) is 2. The molecule has 0 atom stereocenters. The minimum atomic E-state index is -0.288. The summed E-state index contributed by atoms with van der Waals surface area (Å²) < 4.78 is 3.46. The first-order valence-electron chi connectivity index (χ1n) is 8.97. The first-order valence-corrected chi connectivity index (χ1v) is 8.97. The fourth-order valence-electron chi connectivity index (χ4n) is 3.39. The van der Waals surface area contributed by atoms with Gasteiger partial charge in [-0.2, -0.15) is 0 Å². The number of aromatic nitrogens is 2. The summed E-state index contributed by atoms with van der Waals surface area (Å²) in [6, 6.07) is 26.9. The average Bonchev–Trinajstić information content (AvgIpc) is 3.02. The predicted octanol–water partition coefficient (Wildman–Crippen LogP) is 4.17. The third-order valence-corrected chi connectivity index (χ3v) is 4.65. The molecule has 1 N–H and O–H groups in total. The summed E-state index contributed by atoms with van der Waals surface area (Å²) in [7, 11) is 0. The molecule has 0 aliphatic heterocycles. The third-order valence-electron chi connectivity index (χ3n) is 4.65. The van der Waals surface area contributed by atoms with Crippen molar-refractivity contribution < 1.29 is 4.79 Å². The fourth-order valence-corrected chi connectivity index (χ4v) is 3.39. The number of rotatable bonds is 5. The van der Waals surface area contributed by atoms with E-state index >= 15 is 0 Å². The molecule has 3 aromatic carbocycles. The van der Waals surface area contributed by atoms with Gasteiger partial charge in [0.25, 0.3) is 5.56 Å². The smallest absolute Gasteiger partial charge is 0.296 e. The van der Waals surface area contributed by atoms with E-state index in [1.54, 1.807) is 4.68 Å². The SMILES string of the molecule is Cc1ccccc1-n1c(=O)c(NC=O)c(-c2ccccc2)n1-c1ccccc1. The van der Waals surface area contributed by atoms with Crippen LogP contribution in [0.3, 0.4) is 0 Å². The van der Waals surface area contributed by atoms with Gasteiger partial charge in [0.05, 0.1) is 11.4 Å². The third kappa shape index (κ3) is 2.93. The van der Waals surface area contributed by atoms with E-state index in [0.717, 1.165) is 22.5 Å². The molecule has 5 heteroatoms. The van der Waals surface area contributed by atoms with Gasteiger partial charge in [0.15, 0.2) is 0 Å². The van der Waals surface area contributed by atoms with Gasteiger partial charge in [-0.25, -0.2) is 9.36 Å². The Hall–Kier alpha value is -3.86. The number of nitrogens with one attached hydrogen (secondary N) is 1. The number of benzene rings is 3. The van der Waals surface area contributed by atoms with Gasteiger partial charge in [0.2, 0.25) is 6.41 Å². The highest BCUT2D eigenvalue weighted by Gasteiger charge is 2.23. The number of amides is 1. The van der Waals surface area contributed by atoms with Gasteiger partial charge < -0.3 is 5.32 Å². The molecular weight excluding hydrogens is 350 g/mol. The van der Waals surface area contributed by atoms with Gasteiger partial charge in [0.1, 0.15) is 11.4 Å². The van der Waals surface area contributed by atoms with Gasteiger partial charge in [-0.15, -0.1) is 0 Å². The first kappa shape index (κ1) is 17.5. The zero-order chi connectivity index (χ0) is 19.5. The van der Waals surface area contributed by atoms with Crippen molar-refractivity contribution in [3.63, 3.8) is 0 Å². The Morgan fingerprint density at radius 1 is 0.786 bits per heavy atom. The standard InChI is InChI=1S/C23H19N3O2/c1-17-10-8-9-15-20(17)26-23(28)21(24-16-27)22(18-11-4-2-5-12-18)25(26)19-13-6-3-7-14-19/h2-16H,1H3,(H,24,27). The lowest BCUT2D eigenvalue weighted by Gasteiger charge is -2.16. The van der Waals surface area contributed by atoms with Crippen molar-refractivity contribution in [2.24, 2.45) is 0 Å². The number of hydrogen-bond acceptors (Lipinski definition) is 2. The molecule has 0 unspecified atom stereocenters. The molecule has 1 amide bonds. The Labute approximate surface area is 162 Å². The van der Waals surface area contributed by atoms with Crippen LogP contribution in [0.2, 0.25) is 0 Å². The van der Waals surface area contributed by atoms with Crippen LogP contribution in [0, 0.1) is 6.92 Å². The second-order valence-corrected chi connectivity index (χ2v) is 6.40. The van der Waals surface area contributed by atoms with E-state index in [9.17, 15) is 9.59 Å². The number of carbonyl (C=O) groups is 1. The Kier molecular flexibility index (Phi) is 4.64. The normalized spacial score (nSPS) is 10.6. The van der Waals surface area contributed by atoms with Gasteiger partial charge in [0, 0.05) is 5.56 Å². The molecule has 138 valence electrons. The van der Waals surface area contributed by atoms with E-state index in [1.165, 1.54) is 0 Å². The van der Waals surface area contributed by atoms with Crippen molar-refractivity contribution >= 4 is 12.1 Å². The maximum Gasteiger partial charge on any atom is 0.296 e. The lowest BCUT2D eigenvalue weighted by Crippen LogP contribution is -2.22. The van der Waals surface area contributed by atoms with Crippen LogP contribution in [0.25, 0.3) is 22.6 Å². The van der Waals surface area contributed by atoms with E-state index in [0.29, 0.717) is 12.1 Å². The van der Waals surface area contributed by atoms with Crippen molar-refractivity contribution in [2.75, 3.05) is 5.32 Å². The number of anilines is 1. The topological polar surface area (TPSA) is 56.0 Å². The summed E-state index contributed by atoms with van der Waals surface area (Å²) in [6.45, 7) is 1.96. The Morgan fingerprint density at radius 2 is 1.39 bits per heavy atom. The molecular formula is C23H19N3O2. The molecule has 0 bridgehead atoms. The van der Waals surface area contributed by atoms with Gasteiger partial charge >= 0.3 is 0 Å². The van der Waals surface area contributed by atoms with Gasteiger partial charge in [-0.1, -0.05) is 66.7 Å². The van der Waals surface area contributed by atoms with E-state index in [4.69, 9.17) is 0 Å². The monoisotopic (exact) mass is 369 g/mol. The molecule has 1 aromatic heterocycles. The lowest BCUT2D eigenvalue weighted by molar-refractivity contribution is -0.105. The van der Waals surface area contributed by atoms with Crippen LogP contribution in [-0.4, -0.2) is 15.8 Å². The predicted molar refractivity (Wildman–Crippen MR) is 111 cm³/mol.